The number of rotatable bonds is 12. The summed E-state index contributed by atoms with van der Waals surface area (Å²) in [7, 11) is 0. The number of hydrogen-bond donors (Lipinski definition) is 2. The third-order valence-electron chi connectivity index (χ3n) is 3.72. The summed E-state index contributed by atoms with van der Waals surface area (Å²) < 4.78 is 0. The molecule has 0 fully saturated rings. The number of hydrogen-bond acceptors (Lipinski definition) is 2. The Hall–Kier alpha value is -1.51. The van der Waals surface area contributed by atoms with Gasteiger partial charge in [0.05, 0.1) is 0 Å². The molecule has 0 aliphatic heterocycles. The van der Waals surface area contributed by atoms with Crippen molar-refractivity contribution >= 4 is 11.7 Å². The van der Waals surface area contributed by atoms with E-state index >= 15 is 0 Å². The molecule has 0 saturated heterocycles. The van der Waals surface area contributed by atoms with Crippen molar-refractivity contribution in [2.24, 2.45) is 0 Å². The molecule has 0 saturated carbocycles. The van der Waals surface area contributed by atoms with Gasteiger partial charge in [0.1, 0.15) is 6.54 Å². The molecule has 0 aliphatic rings. The first-order valence-corrected chi connectivity index (χ1v) is 8.27. The maximum Gasteiger partial charge on any atom is 0.322 e. The monoisotopic (exact) mass is 291 g/mol. The highest BCUT2D eigenvalue weighted by molar-refractivity contribution is 5.72. The number of aliphatic carboxylic acids is 1. The fourth-order valence-electron chi connectivity index (χ4n) is 2.43. The molecule has 1 rings (SSSR count). The number of benzene rings is 1. The van der Waals surface area contributed by atoms with Crippen LogP contribution in [-0.2, 0) is 11.2 Å². The van der Waals surface area contributed by atoms with E-state index in [2.05, 4.69) is 24.4 Å². The number of aryl methyl sites for hydroxylation is 1. The maximum absolute atomic E-state index is 10.5. The van der Waals surface area contributed by atoms with E-state index in [0.29, 0.717) is 0 Å². The van der Waals surface area contributed by atoms with Crippen LogP contribution in [0.2, 0.25) is 0 Å². The lowest BCUT2D eigenvalue weighted by atomic mass is 10.0. The molecule has 0 unspecified atom stereocenters. The van der Waals surface area contributed by atoms with E-state index in [4.69, 9.17) is 5.11 Å². The smallest absolute Gasteiger partial charge is 0.322 e. The third kappa shape index (κ3) is 9.11. The summed E-state index contributed by atoms with van der Waals surface area (Å²) in [4.78, 5) is 10.5. The van der Waals surface area contributed by atoms with Gasteiger partial charge < -0.3 is 10.4 Å². The van der Waals surface area contributed by atoms with E-state index in [1.165, 1.54) is 56.9 Å². The fraction of sp³-hybridized carbons (Fsp3) is 0.611. The van der Waals surface area contributed by atoms with E-state index in [1.807, 2.05) is 12.1 Å². The summed E-state index contributed by atoms with van der Waals surface area (Å²) in [6.45, 7) is 2.22. The van der Waals surface area contributed by atoms with Crippen molar-refractivity contribution in [1.29, 1.82) is 0 Å². The third-order valence-corrected chi connectivity index (χ3v) is 3.72. The lowest BCUT2D eigenvalue weighted by Gasteiger charge is -2.06. The van der Waals surface area contributed by atoms with Gasteiger partial charge in [-0.05, 0) is 30.5 Å². The van der Waals surface area contributed by atoms with Gasteiger partial charge in [-0.15, -0.1) is 0 Å². The molecule has 21 heavy (non-hydrogen) atoms. The number of nitrogens with one attached hydrogen (secondary N) is 1. The van der Waals surface area contributed by atoms with Gasteiger partial charge in [0, 0.05) is 5.69 Å². The Labute approximate surface area is 128 Å². The van der Waals surface area contributed by atoms with Crippen molar-refractivity contribution in [2.75, 3.05) is 11.9 Å². The molecular weight excluding hydrogens is 262 g/mol. The number of carboxylic acids is 1. The molecule has 2 N–H and O–H groups in total. The molecule has 0 amide bonds. The molecule has 0 aromatic heterocycles. The zero-order chi connectivity index (χ0) is 15.3. The molecule has 0 radical (unpaired) electrons. The SMILES string of the molecule is CCCCCCCCCCc1ccc(NCC(=O)O)cc1. The minimum atomic E-state index is -0.835. The Kier molecular flexibility index (Phi) is 9.34. The fourth-order valence-corrected chi connectivity index (χ4v) is 2.43. The second kappa shape index (κ2) is 11.2. The van der Waals surface area contributed by atoms with Gasteiger partial charge in [0.15, 0.2) is 0 Å². The van der Waals surface area contributed by atoms with E-state index in [0.717, 1.165) is 12.1 Å². The summed E-state index contributed by atoms with van der Waals surface area (Å²) >= 11 is 0. The van der Waals surface area contributed by atoms with Crippen LogP contribution in [0.3, 0.4) is 0 Å². The lowest BCUT2D eigenvalue weighted by molar-refractivity contribution is -0.134. The summed E-state index contributed by atoms with van der Waals surface area (Å²) in [6, 6.07) is 8.10. The quantitative estimate of drug-likeness (QED) is 0.540. The minimum absolute atomic E-state index is 0.0304. The molecule has 0 spiro atoms. The molecular formula is C18H29NO2. The first-order chi connectivity index (χ1) is 10.2. The number of carboxylic acid groups (broad SMARTS) is 1. The molecule has 0 heterocycles. The van der Waals surface area contributed by atoms with Crippen molar-refractivity contribution in [2.45, 2.75) is 64.7 Å². The van der Waals surface area contributed by atoms with Gasteiger partial charge in [0.25, 0.3) is 0 Å². The second-order valence-electron chi connectivity index (χ2n) is 5.67. The van der Waals surface area contributed by atoms with Crippen LogP contribution >= 0.6 is 0 Å². The number of unbranched alkanes of at least 4 members (excludes halogenated alkanes) is 7. The van der Waals surface area contributed by atoms with E-state index < -0.39 is 5.97 Å². The van der Waals surface area contributed by atoms with Gasteiger partial charge in [-0.2, -0.15) is 0 Å². The Balaban J connectivity index is 2.08. The Morgan fingerprint density at radius 3 is 2.10 bits per heavy atom. The Morgan fingerprint density at radius 1 is 0.952 bits per heavy atom. The van der Waals surface area contributed by atoms with Gasteiger partial charge >= 0.3 is 5.97 Å². The zero-order valence-electron chi connectivity index (χ0n) is 13.2. The molecule has 3 heteroatoms. The first kappa shape index (κ1) is 17.5. The first-order valence-electron chi connectivity index (χ1n) is 8.27. The highest BCUT2D eigenvalue weighted by Gasteiger charge is 1.98. The summed E-state index contributed by atoms with van der Waals surface area (Å²) in [5, 5.41) is 11.5. The molecule has 3 nitrogen and oxygen atoms in total. The molecule has 1 aromatic rings. The van der Waals surface area contributed by atoms with E-state index in [-0.39, 0.29) is 6.54 Å². The van der Waals surface area contributed by atoms with Crippen LogP contribution in [0.25, 0.3) is 0 Å². The van der Waals surface area contributed by atoms with Crippen LogP contribution in [0.5, 0.6) is 0 Å². The topological polar surface area (TPSA) is 49.3 Å². The maximum atomic E-state index is 10.5. The van der Waals surface area contributed by atoms with Crippen LogP contribution in [0.4, 0.5) is 5.69 Å². The highest BCUT2D eigenvalue weighted by Crippen LogP contribution is 2.13. The van der Waals surface area contributed by atoms with Crippen molar-refractivity contribution in [3.63, 3.8) is 0 Å². The highest BCUT2D eigenvalue weighted by atomic mass is 16.4. The predicted octanol–water partition coefficient (Wildman–Crippen LogP) is 4.87. The molecule has 118 valence electrons. The Morgan fingerprint density at radius 2 is 1.52 bits per heavy atom. The van der Waals surface area contributed by atoms with Gasteiger partial charge in [-0.1, -0.05) is 64.0 Å². The van der Waals surface area contributed by atoms with Crippen molar-refractivity contribution in [3.8, 4) is 0 Å². The normalized spacial score (nSPS) is 10.5. The van der Waals surface area contributed by atoms with Crippen LogP contribution in [0.1, 0.15) is 63.9 Å². The predicted molar refractivity (Wildman–Crippen MR) is 88.9 cm³/mol. The van der Waals surface area contributed by atoms with Gasteiger partial charge in [0.2, 0.25) is 0 Å². The molecule has 1 aromatic carbocycles. The van der Waals surface area contributed by atoms with Crippen LogP contribution in [0, 0.1) is 0 Å². The van der Waals surface area contributed by atoms with Crippen molar-refractivity contribution < 1.29 is 9.90 Å². The number of carbonyl (C=O) groups is 1. The second-order valence-corrected chi connectivity index (χ2v) is 5.67. The van der Waals surface area contributed by atoms with Gasteiger partial charge in [-0.3, -0.25) is 4.79 Å². The molecule has 0 bridgehead atoms. The summed E-state index contributed by atoms with van der Waals surface area (Å²) in [5.74, 6) is -0.835. The van der Waals surface area contributed by atoms with Crippen molar-refractivity contribution in [1.82, 2.24) is 0 Å². The lowest BCUT2D eigenvalue weighted by Crippen LogP contribution is -2.12. The Bertz CT molecular complexity index is 387. The van der Waals surface area contributed by atoms with E-state index in [1.54, 1.807) is 0 Å². The standard InChI is InChI=1S/C18H29NO2/c1-2-3-4-5-6-7-8-9-10-16-11-13-17(14-12-16)19-15-18(20)21/h11-14,19H,2-10,15H2,1H3,(H,20,21). The molecule has 0 atom stereocenters. The van der Waals surface area contributed by atoms with Gasteiger partial charge in [-0.25, -0.2) is 0 Å². The largest absolute Gasteiger partial charge is 0.480 e. The average Bonchev–Trinajstić information content (AvgIpc) is 2.49. The van der Waals surface area contributed by atoms with Crippen LogP contribution in [0.15, 0.2) is 24.3 Å². The number of anilines is 1. The average molecular weight is 291 g/mol. The minimum Gasteiger partial charge on any atom is -0.480 e. The van der Waals surface area contributed by atoms with Crippen LogP contribution < -0.4 is 5.32 Å². The van der Waals surface area contributed by atoms with Crippen molar-refractivity contribution in [3.05, 3.63) is 29.8 Å². The summed E-state index contributed by atoms with van der Waals surface area (Å²) in [6.07, 6.45) is 11.9. The zero-order valence-corrected chi connectivity index (χ0v) is 13.2. The van der Waals surface area contributed by atoms with E-state index in [9.17, 15) is 4.79 Å². The van der Waals surface area contributed by atoms with Crippen LogP contribution in [-0.4, -0.2) is 17.6 Å². The molecule has 0 aliphatic carbocycles. The summed E-state index contributed by atoms with van der Waals surface area (Å²) in [5.41, 5.74) is 2.21.